The van der Waals surface area contributed by atoms with Crippen LogP contribution in [0.2, 0.25) is 0 Å². The summed E-state index contributed by atoms with van der Waals surface area (Å²) in [4.78, 5) is 30.2. The molecule has 2 heterocycles. The Bertz CT molecular complexity index is 700. The summed E-state index contributed by atoms with van der Waals surface area (Å²) >= 11 is 1.63. The summed E-state index contributed by atoms with van der Waals surface area (Å²) in [6.45, 7) is 8.29. The van der Waals surface area contributed by atoms with Gasteiger partial charge in [0.15, 0.2) is 0 Å². The van der Waals surface area contributed by atoms with E-state index in [-0.39, 0.29) is 23.1 Å². The minimum absolute atomic E-state index is 0.0275. The second-order valence-corrected chi connectivity index (χ2v) is 6.44. The summed E-state index contributed by atoms with van der Waals surface area (Å²) in [6, 6.07) is 5.43. The first kappa shape index (κ1) is 15.5. The third kappa shape index (κ3) is 3.42. The van der Waals surface area contributed by atoms with Gasteiger partial charge in [0.1, 0.15) is 5.56 Å². The first-order valence-corrected chi connectivity index (χ1v) is 7.82. The fourth-order valence-corrected chi connectivity index (χ4v) is 3.01. The number of aryl methyl sites for hydroxylation is 2. The van der Waals surface area contributed by atoms with Gasteiger partial charge in [0.25, 0.3) is 11.5 Å². The SMILES string of the molecule is Cc1ccc(C(=O)N(Cc2sccc2C)C(C)C)c(=O)[nH]1. The monoisotopic (exact) mass is 304 g/mol. The van der Waals surface area contributed by atoms with Crippen LogP contribution in [0.25, 0.3) is 0 Å². The van der Waals surface area contributed by atoms with Crippen molar-refractivity contribution in [1.82, 2.24) is 9.88 Å². The standard InChI is InChI=1S/C16H20N2O2S/c1-10(2)18(9-14-11(3)7-8-21-14)16(20)13-6-5-12(4)17-15(13)19/h5-8,10H,9H2,1-4H3,(H,17,19). The average molecular weight is 304 g/mol. The van der Waals surface area contributed by atoms with E-state index in [0.717, 1.165) is 10.6 Å². The van der Waals surface area contributed by atoms with Crippen molar-refractivity contribution in [2.75, 3.05) is 0 Å². The van der Waals surface area contributed by atoms with Gasteiger partial charge >= 0.3 is 0 Å². The van der Waals surface area contributed by atoms with Gasteiger partial charge < -0.3 is 9.88 Å². The molecule has 0 aromatic carbocycles. The number of amides is 1. The van der Waals surface area contributed by atoms with Crippen LogP contribution >= 0.6 is 11.3 Å². The van der Waals surface area contributed by atoms with E-state index in [0.29, 0.717) is 6.54 Å². The maximum atomic E-state index is 12.7. The lowest BCUT2D eigenvalue weighted by molar-refractivity contribution is 0.0690. The highest BCUT2D eigenvalue weighted by atomic mass is 32.1. The molecular formula is C16H20N2O2S. The van der Waals surface area contributed by atoms with Crippen LogP contribution in [-0.4, -0.2) is 21.8 Å². The highest BCUT2D eigenvalue weighted by molar-refractivity contribution is 7.10. The van der Waals surface area contributed by atoms with Crippen molar-refractivity contribution in [1.29, 1.82) is 0 Å². The zero-order valence-electron chi connectivity index (χ0n) is 12.8. The predicted octanol–water partition coefficient (Wildman–Crippen LogP) is 3.10. The minimum atomic E-state index is -0.325. The first-order chi connectivity index (χ1) is 9.90. The molecule has 112 valence electrons. The van der Waals surface area contributed by atoms with Crippen molar-refractivity contribution in [2.24, 2.45) is 0 Å². The Kier molecular flexibility index (Phi) is 4.63. The molecule has 4 nitrogen and oxygen atoms in total. The first-order valence-electron chi connectivity index (χ1n) is 6.94. The molecule has 0 spiro atoms. The number of pyridine rings is 1. The molecule has 5 heteroatoms. The summed E-state index contributed by atoms with van der Waals surface area (Å²) < 4.78 is 0. The van der Waals surface area contributed by atoms with E-state index < -0.39 is 0 Å². The largest absolute Gasteiger partial charge is 0.331 e. The van der Waals surface area contributed by atoms with E-state index in [1.54, 1.807) is 35.3 Å². The zero-order valence-corrected chi connectivity index (χ0v) is 13.6. The number of hydrogen-bond donors (Lipinski definition) is 1. The number of H-pyrrole nitrogens is 1. The molecule has 0 atom stereocenters. The molecule has 0 aliphatic carbocycles. The van der Waals surface area contributed by atoms with Gasteiger partial charge in [-0.25, -0.2) is 0 Å². The number of nitrogens with zero attached hydrogens (tertiary/aromatic N) is 1. The molecule has 2 aromatic rings. The smallest absolute Gasteiger partial charge is 0.260 e. The second-order valence-electron chi connectivity index (χ2n) is 5.44. The van der Waals surface area contributed by atoms with Gasteiger partial charge in [-0.1, -0.05) is 0 Å². The summed E-state index contributed by atoms with van der Waals surface area (Å²) in [5, 5.41) is 2.02. The van der Waals surface area contributed by atoms with Crippen LogP contribution in [0.5, 0.6) is 0 Å². The molecule has 2 aromatic heterocycles. The van der Waals surface area contributed by atoms with Gasteiger partial charge in [-0.15, -0.1) is 11.3 Å². The fraction of sp³-hybridized carbons (Fsp3) is 0.375. The Morgan fingerprint density at radius 2 is 2.00 bits per heavy atom. The van der Waals surface area contributed by atoms with Crippen molar-refractivity contribution in [2.45, 2.75) is 40.3 Å². The predicted molar refractivity (Wildman–Crippen MR) is 85.9 cm³/mol. The number of nitrogens with one attached hydrogen (secondary N) is 1. The lowest BCUT2D eigenvalue weighted by Gasteiger charge is -2.26. The van der Waals surface area contributed by atoms with Crippen LogP contribution in [0.15, 0.2) is 28.4 Å². The van der Waals surface area contributed by atoms with Crippen molar-refractivity contribution in [3.8, 4) is 0 Å². The van der Waals surface area contributed by atoms with E-state index in [9.17, 15) is 9.59 Å². The molecular weight excluding hydrogens is 284 g/mol. The topological polar surface area (TPSA) is 53.2 Å². The van der Waals surface area contributed by atoms with E-state index in [1.807, 2.05) is 32.2 Å². The molecule has 0 radical (unpaired) electrons. The highest BCUT2D eigenvalue weighted by Crippen LogP contribution is 2.20. The Morgan fingerprint density at radius 3 is 2.52 bits per heavy atom. The second kappa shape index (κ2) is 6.26. The Morgan fingerprint density at radius 1 is 1.29 bits per heavy atom. The third-order valence-corrected chi connectivity index (χ3v) is 4.46. The van der Waals surface area contributed by atoms with Crippen LogP contribution in [0.3, 0.4) is 0 Å². The Labute approximate surface area is 128 Å². The van der Waals surface area contributed by atoms with Crippen LogP contribution < -0.4 is 5.56 Å². The number of thiophene rings is 1. The van der Waals surface area contributed by atoms with E-state index >= 15 is 0 Å². The van der Waals surface area contributed by atoms with Gasteiger partial charge in [0.2, 0.25) is 0 Å². The van der Waals surface area contributed by atoms with Gasteiger partial charge in [-0.05, 0) is 56.8 Å². The molecule has 0 fully saturated rings. The number of aromatic nitrogens is 1. The van der Waals surface area contributed by atoms with Crippen molar-refractivity contribution >= 4 is 17.2 Å². The van der Waals surface area contributed by atoms with Gasteiger partial charge in [0.05, 0.1) is 6.54 Å². The normalized spacial score (nSPS) is 10.9. The molecule has 0 unspecified atom stereocenters. The van der Waals surface area contributed by atoms with Crippen LogP contribution in [0.1, 0.15) is 40.3 Å². The molecule has 0 aliphatic heterocycles. The lowest BCUT2D eigenvalue weighted by Crippen LogP contribution is -2.39. The van der Waals surface area contributed by atoms with E-state index in [1.165, 1.54) is 5.56 Å². The number of hydrogen-bond acceptors (Lipinski definition) is 3. The number of carbonyl (C=O) groups is 1. The molecule has 0 bridgehead atoms. The number of carbonyl (C=O) groups excluding carboxylic acids is 1. The summed E-state index contributed by atoms with van der Waals surface area (Å²) in [6.07, 6.45) is 0. The fourth-order valence-electron chi connectivity index (χ4n) is 2.10. The van der Waals surface area contributed by atoms with E-state index in [4.69, 9.17) is 0 Å². The third-order valence-electron chi connectivity index (χ3n) is 3.45. The van der Waals surface area contributed by atoms with Crippen LogP contribution in [-0.2, 0) is 6.54 Å². The quantitative estimate of drug-likeness (QED) is 0.943. The Balaban J connectivity index is 2.32. The van der Waals surface area contributed by atoms with Crippen molar-refractivity contribution < 1.29 is 4.79 Å². The number of aromatic amines is 1. The van der Waals surface area contributed by atoms with E-state index in [2.05, 4.69) is 4.98 Å². The van der Waals surface area contributed by atoms with Crippen LogP contribution in [0, 0.1) is 13.8 Å². The molecule has 0 saturated heterocycles. The average Bonchev–Trinajstić information content (AvgIpc) is 2.80. The van der Waals surface area contributed by atoms with Gasteiger partial charge in [-0.2, -0.15) is 0 Å². The summed E-state index contributed by atoms with van der Waals surface area (Å²) in [5.74, 6) is -0.223. The minimum Gasteiger partial charge on any atom is -0.331 e. The maximum absolute atomic E-state index is 12.7. The number of rotatable bonds is 4. The highest BCUT2D eigenvalue weighted by Gasteiger charge is 2.22. The maximum Gasteiger partial charge on any atom is 0.260 e. The van der Waals surface area contributed by atoms with Crippen molar-refractivity contribution in [3.05, 3.63) is 55.6 Å². The molecule has 1 amide bonds. The van der Waals surface area contributed by atoms with Gasteiger partial charge in [0, 0.05) is 16.6 Å². The van der Waals surface area contributed by atoms with Crippen molar-refractivity contribution in [3.63, 3.8) is 0 Å². The molecule has 2 rings (SSSR count). The zero-order chi connectivity index (χ0) is 15.6. The van der Waals surface area contributed by atoms with Crippen LogP contribution in [0.4, 0.5) is 0 Å². The molecule has 21 heavy (non-hydrogen) atoms. The summed E-state index contributed by atoms with van der Waals surface area (Å²) in [7, 11) is 0. The summed E-state index contributed by atoms with van der Waals surface area (Å²) in [5.41, 5.74) is 1.80. The molecule has 0 aliphatic rings. The van der Waals surface area contributed by atoms with Gasteiger partial charge in [-0.3, -0.25) is 9.59 Å². The Hall–Kier alpha value is -1.88. The lowest BCUT2D eigenvalue weighted by atomic mass is 10.1. The molecule has 0 saturated carbocycles. The molecule has 1 N–H and O–H groups in total.